The molecule has 0 saturated carbocycles. The zero-order valence-electron chi connectivity index (χ0n) is 14.5. The maximum absolute atomic E-state index is 9.72. The van der Waals surface area contributed by atoms with Crippen molar-refractivity contribution in [1.29, 1.82) is 0 Å². The van der Waals surface area contributed by atoms with E-state index in [1.165, 1.54) is 11.1 Å². The first-order valence-electron chi connectivity index (χ1n) is 7.59. The molecular weight excluding hydrogens is 272 g/mol. The fourth-order valence-electron chi connectivity index (χ4n) is 1.91. The standard InChI is InChI=1S/C14H22O.C6H6O/c1-13(2,3)10-7-11(14(4,5)6)9-12(15)8-10;7-6-4-2-1-3-5-6/h7-9,15H,1-6H3;1-5,7H. The summed E-state index contributed by atoms with van der Waals surface area (Å²) in [6.07, 6.45) is 0. The molecule has 2 aromatic rings. The van der Waals surface area contributed by atoms with Crippen LogP contribution in [0.4, 0.5) is 0 Å². The van der Waals surface area contributed by atoms with Gasteiger partial charge in [0.25, 0.3) is 0 Å². The van der Waals surface area contributed by atoms with Crippen LogP contribution in [0, 0.1) is 0 Å². The van der Waals surface area contributed by atoms with E-state index in [-0.39, 0.29) is 10.8 Å². The molecule has 2 aromatic carbocycles. The summed E-state index contributed by atoms with van der Waals surface area (Å²) in [7, 11) is 0. The van der Waals surface area contributed by atoms with Gasteiger partial charge in [0.2, 0.25) is 0 Å². The van der Waals surface area contributed by atoms with Crippen LogP contribution in [0.15, 0.2) is 48.5 Å². The molecule has 22 heavy (non-hydrogen) atoms. The van der Waals surface area contributed by atoms with Gasteiger partial charge in [0.15, 0.2) is 0 Å². The minimum atomic E-state index is 0.0821. The summed E-state index contributed by atoms with van der Waals surface area (Å²) in [4.78, 5) is 0. The summed E-state index contributed by atoms with van der Waals surface area (Å²) in [5, 5.41) is 18.4. The lowest BCUT2D eigenvalue weighted by molar-refractivity contribution is 0.465. The van der Waals surface area contributed by atoms with E-state index >= 15 is 0 Å². The van der Waals surface area contributed by atoms with Crippen molar-refractivity contribution >= 4 is 0 Å². The van der Waals surface area contributed by atoms with Crippen LogP contribution in [-0.2, 0) is 10.8 Å². The van der Waals surface area contributed by atoms with Gasteiger partial charge in [0.1, 0.15) is 11.5 Å². The van der Waals surface area contributed by atoms with Gasteiger partial charge in [-0.1, -0.05) is 65.8 Å². The molecule has 0 aromatic heterocycles. The topological polar surface area (TPSA) is 40.5 Å². The summed E-state index contributed by atoms with van der Waals surface area (Å²) in [6.45, 7) is 13.0. The Morgan fingerprint density at radius 1 is 0.591 bits per heavy atom. The molecule has 120 valence electrons. The van der Waals surface area contributed by atoms with Gasteiger partial charge in [0.05, 0.1) is 0 Å². The number of phenolic OH excluding ortho intramolecular Hbond substituents is 2. The highest BCUT2D eigenvalue weighted by Gasteiger charge is 2.20. The van der Waals surface area contributed by atoms with E-state index < -0.39 is 0 Å². The van der Waals surface area contributed by atoms with Crippen molar-refractivity contribution in [3.05, 3.63) is 59.7 Å². The second-order valence-electron chi connectivity index (χ2n) is 7.60. The number of phenols is 2. The largest absolute Gasteiger partial charge is 0.508 e. The minimum Gasteiger partial charge on any atom is -0.508 e. The van der Waals surface area contributed by atoms with E-state index in [1.54, 1.807) is 24.3 Å². The summed E-state index contributed by atoms with van der Waals surface area (Å²) >= 11 is 0. The Morgan fingerprint density at radius 3 is 1.27 bits per heavy atom. The van der Waals surface area contributed by atoms with Gasteiger partial charge in [-0.25, -0.2) is 0 Å². The first-order valence-corrected chi connectivity index (χ1v) is 7.59. The maximum atomic E-state index is 9.72. The van der Waals surface area contributed by atoms with Crippen molar-refractivity contribution in [2.75, 3.05) is 0 Å². The Morgan fingerprint density at radius 2 is 1.00 bits per heavy atom. The van der Waals surface area contributed by atoms with Gasteiger partial charge in [-0.05, 0) is 46.2 Å². The van der Waals surface area contributed by atoms with Crippen molar-refractivity contribution in [3.8, 4) is 11.5 Å². The van der Waals surface area contributed by atoms with E-state index in [1.807, 2.05) is 18.2 Å². The molecule has 0 spiro atoms. The molecule has 0 amide bonds. The van der Waals surface area contributed by atoms with Gasteiger partial charge in [-0.15, -0.1) is 0 Å². The van der Waals surface area contributed by atoms with Crippen LogP contribution < -0.4 is 0 Å². The molecule has 0 aliphatic rings. The molecule has 0 unspecified atom stereocenters. The van der Waals surface area contributed by atoms with E-state index in [2.05, 4.69) is 47.6 Å². The van der Waals surface area contributed by atoms with Gasteiger partial charge in [-0.3, -0.25) is 0 Å². The molecule has 0 bridgehead atoms. The number of benzene rings is 2. The number of rotatable bonds is 0. The zero-order chi connectivity index (χ0) is 17.0. The lowest BCUT2D eigenvalue weighted by Crippen LogP contribution is -2.15. The number of aromatic hydroxyl groups is 2. The Kier molecular flexibility index (Phi) is 5.65. The van der Waals surface area contributed by atoms with Gasteiger partial charge < -0.3 is 10.2 Å². The Bertz CT molecular complexity index is 555. The molecule has 0 saturated heterocycles. The van der Waals surface area contributed by atoms with Crippen molar-refractivity contribution in [2.24, 2.45) is 0 Å². The molecular formula is C20H28O2. The highest BCUT2D eigenvalue weighted by atomic mass is 16.3. The molecule has 0 aliphatic heterocycles. The second-order valence-corrected chi connectivity index (χ2v) is 7.60. The van der Waals surface area contributed by atoms with Gasteiger partial charge in [-0.2, -0.15) is 0 Å². The summed E-state index contributed by atoms with van der Waals surface area (Å²) in [6, 6.07) is 14.6. The quantitative estimate of drug-likeness (QED) is 0.685. The van der Waals surface area contributed by atoms with Gasteiger partial charge >= 0.3 is 0 Å². The molecule has 0 fully saturated rings. The Labute approximate surface area is 134 Å². The van der Waals surface area contributed by atoms with Crippen LogP contribution in [0.3, 0.4) is 0 Å². The molecule has 0 aliphatic carbocycles. The number of hydrogen-bond acceptors (Lipinski definition) is 2. The molecule has 2 heteroatoms. The lowest BCUT2D eigenvalue weighted by Gasteiger charge is -2.25. The molecule has 0 radical (unpaired) electrons. The van der Waals surface area contributed by atoms with E-state index in [0.717, 1.165) is 0 Å². The number of para-hydroxylation sites is 1. The third kappa shape index (κ3) is 5.80. The van der Waals surface area contributed by atoms with Crippen LogP contribution in [0.2, 0.25) is 0 Å². The van der Waals surface area contributed by atoms with E-state index in [0.29, 0.717) is 11.5 Å². The summed E-state index contributed by atoms with van der Waals surface area (Å²) in [5.74, 6) is 0.690. The Balaban J connectivity index is 0.000000287. The minimum absolute atomic E-state index is 0.0821. The molecule has 0 atom stereocenters. The predicted molar refractivity (Wildman–Crippen MR) is 93.6 cm³/mol. The fraction of sp³-hybridized carbons (Fsp3) is 0.400. The van der Waals surface area contributed by atoms with Crippen LogP contribution in [-0.4, -0.2) is 10.2 Å². The van der Waals surface area contributed by atoms with Crippen molar-refractivity contribution in [3.63, 3.8) is 0 Å². The van der Waals surface area contributed by atoms with Crippen molar-refractivity contribution in [2.45, 2.75) is 52.4 Å². The molecule has 0 heterocycles. The summed E-state index contributed by atoms with van der Waals surface area (Å²) < 4.78 is 0. The smallest absolute Gasteiger partial charge is 0.116 e. The maximum Gasteiger partial charge on any atom is 0.116 e. The molecule has 2 nitrogen and oxygen atoms in total. The first-order chi connectivity index (χ1) is 10.00. The highest BCUT2D eigenvalue weighted by Crippen LogP contribution is 2.32. The van der Waals surface area contributed by atoms with Gasteiger partial charge in [0, 0.05) is 0 Å². The second kappa shape index (κ2) is 6.87. The predicted octanol–water partition coefficient (Wildman–Crippen LogP) is 5.38. The number of hydrogen-bond donors (Lipinski definition) is 2. The lowest BCUT2D eigenvalue weighted by atomic mass is 9.80. The van der Waals surface area contributed by atoms with Crippen molar-refractivity contribution < 1.29 is 10.2 Å². The summed E-state index contributed by atoms with van der Waals surface area (Å²) in [5.41, 5.74) is 2.54. The van der Waals surface area contributed by atoms with Crippen LogP contribution in [0.5, 0.6) is 11.5 Å². The highest BCUT2D eigenvalue weighted by molar-refractivity contribution is 5.39. The average molecular weight is 300 g/mol. The normalized spacial score (nSPS) is 11.5. The first kappa shape index (κ1) is 18.1. The SMILES string of the molecule is CC(C)(C)c1cc(O)cc(C(C)(C)C)c1.Oc1ccccc1. The van der Waals surface area contributed by atoms with Crippen LogP contribution >= 0.6 is 0 Å². The van der Waals surface area contributed by atoms with E-state index in [9.17, 15) is 5.11 Å². The van der Waals surface area contributed by atoms with E-state index in [4.69, 9.17) is 5.11 Å². The average Bonchev–Trinajstić information content (AvgIpc) is 2.37. The fourth-order valence-corrected chi connectivity index (χ4v) is 1.91. The third-order valence-electron chi connectivity index (χ3n) is 3.41. The molecule has 2 N–H and O–H groups in total. The Hall–Kier alpha value is -1.96. The molecule has 2 rings (SSSR count). The third-order valence-corrected chi connectivity index (χ3v) is 3.41. The van der Waals surface area contributed by atoms with Crippen LogP contribution in [0.25, 0.3) is 0 Å². The zero-order valence-corrected chi connectivity index (χ0v) is 14.5. The van der Waals surface area contributed by atoms with Crippen LogP contribution in [0.1, 0.15) is 52.7 Å². The monoisotopic (exact) mass is 300 g/mol. The van der Waals surface area contributed by atoms with Crippen molar-refractivity contribution in [1.82, 2.24) is 0 Å².